The fourth-order valence-corrected chi connectivity index (χ4v) is 3.38. The van der Waals surface area contributed by atoms with Gasteiger partial charge in [-0.25, -0.2) is 9.59 Å². The Bertz CT molecular complexity index is 602. The normalized spacial score (nSPS) is 29.7. The van der Waals surface area contributed by atoms with Crippen LogP contribution in [0.4, 0.5) is 0 Å². The molecule has 0 bridgehead atoms. The third kappa shape index (κ3) is 3.55. The molecule has 1 fully saturated rings. The van der Waals surface area contributed by atoms with Crippen LogP contribution in [0.2, 0.25) is 0 Å². The van der Waals surface area contributed by atoms with Gasteiger partial charge in [0.1, 0.15) is 11.9 Å². The van der Waals surface area contributed by atoms with Gasteiger partial charge < -0.3 is 9.47 Å². The van der Waals surface area contributed by atoms with E-state index < -0.39 is 0 Å². The molecule has 0 unspecified atom stereocenters. The third-order valence-corrected chi connectivity index (χ3v) is 4.66. The number of allylic oxidation sites excluding steroid dienone is 2. The minimum absolute atomic E-state index is 0.0928. The number of likely N-dealkylation sites (tertiary alicyclic amines) is 1. The summed E-state index contributed by atoms with van der Waals surface area (Å²) in [6.45, 7) is 5.59. The summed E-state index contributed by atoms with van der Waals surface area (Å²) in [6, 6.07) is 0.301. The Morgan fingerprint density at radius 2 is 2.09 bits per heavy atom. The van der Waals surface area contributed by atoms with Crippen LogP contribution < -0.4 is 0 Å². The lowest BCUT2D eigenvalue weighted by Crippen LogP contribution is -2.39. The summed E-state index contributed by atoms with van der Waals surface area (Å²) < 4.78 is 10.6. The van der Waals surface area contributed by atoms with Gasteiger partial charge in [-0.2, -0.15) is 0 Å². The van der Waals surface area contributed by atoms with Gasteiger partial charge in [-0.1, -0.05) is 0 Å². The Kier molecular flexibility index (Phi) is 4.66. The average Bonchev–Trinajstić information content (AvgIpc) is 3.18. The zero-order valence-electron chi connectivity index (χ0n) is 13.7. The maximum absolute atomic E-state index is 11.5. The molecule has 2 atom stereocenters. The smallest absolute Gasteiger partial charge is 0.339 e. The molecule has 5 nitrogen and oxygen atoms in total. The summed E-state index contributed by atoms with van der Waals surface area (Å²) in [5.74, 6) is 0.228. The molecule has 3 rings (SSSR count). The van der Waals surface area contributed by atoms with Crippen molar-refractivity contribution in [2.24, 2.45) is 0 Å². The van der Waals surface area contributed by atoms with E-state index in [1.54, 1.807) is 13.0 Å². The first-order chi connectivity index (χ1) is 11.0. The Morgan fingerprint density at radius 3 is 2.74 bits per heavy atom. The molecule has 0 aliphatic carbocycles. The van der Waals surface area contributed by atoms with Crippen LogP contribution >= 0.6 is 0 Å². The van der Waals surface area contributed by atoms with E-state index in [2.05, 4.69) is 4.90 Å². The van der Waals surface area contributed by atoms with E-state index in [-0.39, 0.29) is 18.0 Å². The molecule has 0 aromatic heterocycles. The van der Waals surface area contributed by atoms with Gasteiger partial charge in [0.15, 0.2) is 0 Å². The summed E-state index contributed by atoms with van der Waals surface area (Å²) in [6.07, 6.45) is 9.70. The summed E-state index contributed by atoms with van der Waals surface area (Å²) >= 11 is 0. The number of carbonyl (C=O) groups excluding carboxylic acids is 2. The lowest BCUT2D eigenvalue weighted by atomic mass is 10.1. The molecular formula is C18H23NO4. The molecule has 5 heteroatoms. The fraction of sp³-hybridized carbons (Fsp3) is 0.556. The molecule has 3 heterocycles. The minimum Gasteiger partial charge on any atom is -0.453 e. The van der Waals surface area contributed by atoms with Gasteiger partial charge in [0.2, 0.25) is 0 Å². The predicted octanol–water partition coefficient (Wildman–Crippen LogP) is 2.49. The molecule has 0 aromatic carbocycles. The number of unbranched alkanes of at least 4 members (excludes halogenated alkanes) is 1. The Labute approximate surface area is 136 Å². The fourth-order valence-electron chi connectivity index (χ4n) is 3.38. The number of cyclic esters (lactones) is 2. The van der Waals surface area contributed by atoms with Gasteiger partial charge in [-0.3, -0.25) is 4.90 Å². The van der Waals surface area contributed by atoms with Crippen molar-refractivity contribution in [2.45, 2.75) is 51.7 Å². The molecule has 23 heavy (non-hydrogen) atoms. The number of hydrogen-bond acceptors (Lipinski definition) is 5. The van der Waals surface area contributed by atoms with E-state index in [4.69, 9.17) is 9.47 Å². The number of nitrogens with zero attached hydrogens (tertiary/aromatic N) is 1. The molecule has 0 saturated carbocycles. The van der Waals surface area contributed by atoms with Gasteiger partial charge >= 0.3 is 11.9 Å². The van der Waals surface area contributed by atoms with Crippen LogP contribution in [-0.2, 0) is 19.1 Å². The zero-order valence-corrected chi connectivity index (χ0v) is 13.7. The molecule has 0 N–H and O–H groups in total. The molecule has 124 valence electrons. The van der Waals surface area contributed by atoms with Crippen LogP contribution in [0.3, 0.4) is 0 Å². The molecule has 0 spiro atoms. The monoisotopic (exact) mass is 317 g/mol. The SMILES string of the molecule is CC1=CC(=CCCCN2CCC[C@@H]2[C@H]2C=C(C)C(=O)O2)OC1=O. The quantitative estimate of drug-likeness (QED) is 0.576. The van der Waals surface area contributed by atoms with Gasteiger partial charge in [0.25, 0.3) is 0 Å². The van der Waals surface area contributed by atoms with Gasteiger partial charge in [-0.15, -0.1) is 0 Å². The highest BCUT2D eigenvalue weighted by Gasteiger charge is 2.36. The first-order valence-electron chi connectivity index (χ1n) is 8.28. The number of rotatable bonds is 5. The molecule has 0 aromatic rings. The molecule has 0 radical (unpaired) electrons. The maximum atomic E-state index is 11.5. The second-order valence-corrected chi connectivity index (χ2v) is 6.43. The van der Waals surface area contributed by atoms with Crippen LogP contribution in [0.5, 0.6) is 0 Å². The highest BCUT2D eigenvalue weighted by atomic mass is 16.6. The second kappa shape index (κ2) is 6.71. The van der Waals surface area contributed by atoms with E-state index in [9.17, 15) is 9.59 Å². The van der Waals surface area contributed by atoms with E-state index in [1.807, 2.05) is 19.1 Å². The number of hydrogen-bond donors (Lipinski definition) is 0. The molecular weight excluding hydrogens is 294 g/mol. The van der Waals surface area contributed by atoms with Crippen LogP contribution in [0, 0.1) is 0 Å². The Hall–Kier alpha value is -1.88. The highest BCUT2D eigenvalue weighted by Crippen LogP contribution is 2.27. The summed E-state index contributed by atoms with van der Waals surface area (Å²) in [7, 11) is 0. The summed E-state index contributed by atoms with van der Waals surface area (Å²) in [5, 5.41) is 0. The first kappa shape index (κ1) is 16.0. The van der Waals surface area contributed by atoms with E-state index in [1.165, 1.54) is 0 Å². The predicted molar refractivity (Wildman–Crippen MR) is 85.4 cm³/mol. The lowest BCUT2D eigenvalue weighted by molar-refractivity contribution is -0.141. The zero-order chi connectivity index (χ0) is 16.4. The van der Waals surface area contributed by atoms with Crippen molar-refractivity contribution in [3.05, 3.63) is 35.1 Å². The van der Waals surface area contributed by atoms with E-state index in [0.717, 1.165) is 44.3 Å². The third-order valence-electron chi connectivity index (χ3n) is 4.66. The van der Waals surface area contributed by atoms with Crippen molar-refractivity contribution in [3.8, 4) is 0 Å². The highest BCUT2D eigenvalue weighted by molar-refractivity contribution is 5.92. The largest absolute Gasteiger partial charge is 0.453 e. The molecule has 3 aliphatic heterocycles. The van der Waals surface area contributed by atoms with E-state index in [0.29, 0.717) is 17.4 Å². The van der Waals surface area contributed by atoms with Crippen molar-refractivity contribution in [1.82, 2.24) is 4.90 Å². The molecule has 1 saturated heterocycles. The van der Waals surface area contributed by atoms with Crippen LogP contribution in [-0.4, -0.2) is 42.1 Å². The number of ether oxygens (including phenoxy) is 2. The van der Waals surface area contributed by atoms with Gasteiger partial charge in [-0.05, 0) is 70.8 Å². The van der Waals surface area contributed by atoms with Crippen molar-refractivity contribution in [3.63, 3.8) is 0 Å². The van der Waals surface area contributed by atoms with Crippen molar-refractivity contribution in [1.29, 1.82) is 0 Å². The molecule has 0 amide bonds. The van der Waals surface area contributed by atoms with Crippen molar-refractivity contribution < 1.29 is 19.1 Å². The topological polar surface area (TPSA) is 55.8 Å². The summed E-state index contributed by atoms with van der Waals surface area (Å²) in [5.41, 5.74) is 1.37. The maximum Gasteiger partial charge on any atom is 0.339 e. The second-order valence-electron chi connectivity index (χ2n) is 6.43. The standard InChI is InChI=1S/C18H23NO4/c1-12-10-14(22-17(12)20)6-3-4-8-19-9-5-7-15(19)16-11-13(2)18(21)23-16/h6,10-11,15-16H,3-5,7-9H2,1-2H3/t15-,16-/m1/s1. The van der Waals surface area contributed by atoms with Gasteiger partial charge in [0, 0.05) is 11.1 Å². The van der Waals surface area contributed by atoms with Crippen LogP contribution in [0.1, 0.15) is 39.5 Å². The van der Waals surface area contributed by atoms with Crippen molar-refractivity contribution >= 4 is 11.9 Å². The number of carbonyl (C=O) groups is 2. The Morgan fingerprint density at radius 1 is 1.26 bits per heavy atom. The Balaban J connectivity index is 1.48. The lowest BCUT2D eigenvalue weighted by Gasteiger charge is -2.27. The first-order valence-corrected chi connectivity index (χ1v) is 8.28. The van der Waals surface area contributed by atoms with Crippen LogP contribution in [0.15, 0.2) is 35.1 Å². The molecule has 3 aliphatic rings. The van der Waals surface area contributed by atoms with Crippen LogP contribution in [0.25, 0.3) is 0 Å². The number of esters is 2. The summed E-state index contributed by atoms with van der Waals surface area (Å²) in [4.78, 5) is 25.2. The minimum atomic E-state index is -0.249. The average molecular weight is 317 g/mol. The van der Waals surface area contributed by atoms with E-state index >= 15 is 0 Å². The van der Waals surface area contributed by atoms with Crippen molar-refractivity contribution in [2.75, 3.05) is 13.1 Å². The van der Waals surface area contributed by atoms with Gasteiger partial charge in [0.05, 0.1) is 6.04 Å².